The van der Waals surface area contributed by atoms with Gasteiger partial charge in [0.05, 0.1) is 0 Å². The number of hydrogen-bond acceptors (Lipinski definition) is 7. The lowest BCUT2D eigenvalue weighted by atomic mass is 9.96. The first-order valence-electron chi connectivity index (χ1n) is 6.20. The second-order valence-electron chi connectivity index (χ2n) is 4.55. The Labute approximate surface area is 121 Å². The molecule has 0 bridgehead atoms. The lowest BCUT2D eigenvalue weighted by Crippen LogP contribution is -2.48. The molecule has 0 fully saturated rings. The third-order valence-electron chi connectivity index (χ3n) is 2.98. The molecule has 0 aromatic heterocycles. The van der Waals surface area contributed by atoms with E-state index in [-0.39, 0.29) is 12.7 Å². The van der Waals surface area contributed by atoms with E-state index in [1.807, 2.05) is 0 Å². The van der Waals surface area contributed by atoms with E-state index in [0.717, 1.165) is 0 Å². The highest BCUT2D eigenvalue weighted by molar-refractivity contribution is 5.85. The number of rotatable bonds is 7. The number of benzene rings is 1. The molecule has 0 unspecified atom stereocenters. The van der Waals surface area contributed by atoms with Crippen molar-refractivity contribution in [1.29, 1.82) is 0 Å². The molecular weight excluding hydrogens is 280 g/mol. The summed E-state index contributed by atoms with van der Waals surface area (Å²) in [4.78, 5) is 11.8. The van der Waals surface area contributed by atoms with E-state index in [0.29, 0.717) is 5.56 Å². The summed E-state index contributed by atoms with van der Waals surface area (Å²) < 4.78 is 0. The molecule has 0 radical (unpaired) electrons. The third kappa shape index (κ3) is 4.54. The summed E-state index contributed by atoms with van der Waals surface area (Å²) in [6.07, 6.45) is -8.05. The zero-order valence-electron chi connectivity index (χ0n) is 11.1. The summed E-state index contributed by atoms with van der Waals surface area (Å²) >= 11 is 0. The Bertz CT molecular complexity index is 485. The van der Waals surface area contributed by atoms with E-state index in [2.05, 4.69) is 0 Å². The number of hydrogen-bond donors (Lipinski definition) is 6. The van der Waals surface area contributed by atoms with Crippen molar-refractivity contribution in [2.45, 2.75) is 30.8 Å². The van der Waals surface area contributed by atoms with Crippen LogP contribution >= 0.6 is 0 Å². The van der Waals surface area contributed by atoms with Gasteiger partial charge in [-0.15, -0.1) is 0 Å². The summed E-state index contributed by atoms with van der Waals surface area (Å²) in [6.45, 7) is 0. The Hall–Kier alpha value is -1.93. The number of aliphatic hydroxyl groups excluding tert-OH is 6. The van der Waals surface area contributed by atoms with Crippen molar-refractivity contribution in [3.05, 3.63) is 47.9 Å². The van der Waals surface area contributed by atoms with Crippen LogP contribution in [0.3, 0.4) is 0 Å². The maximum Gasteiger partial charge on any atom is 0.168 e. The summed E-state index contributed by atoms with van der Waals surface area (Å²) in [6, 6.07) is 8.47. The molecule has 21 heavy (non-hydrogen) atoms. The summed E-state index contributed by atoms with van der Waals surface area (Å²) in [5, 5.41) is 55.8. The van der Waals surface area contributed by atoms with E-state index in [4.69, 9.17) is 10.2 Å². The van der Waals surface area contributed by atoms with E-state index in [1.165, 1.54) is 0 Å². The fraction of sp³-hybridized carbons (Fsp3) is 0.357. The van der Waals surface area contributed by atoms with Crippen LogP contribution in [0.4, 0.5) is 0 Å². The molecule has 0 spiro atoms. The quantitative estimate of drug-likeness (QED) is 0.362. The van der Waals surface area contributed by atoms with Crippen molar-refractivity contribution in [3.8, 4) is 0 Å². The van der Waals surface area contributed by atoms with Gasteiger partial charge in [0, 0.05) is 6.42 Å². The highest BCUT2D eigenvalue weighted by Gasteiger charge is 2.35. The van der Waals surface area contributed by atoms with Gasteiger partial charge >= 0.3 is 0 Å². The molecule has 0 saturated carbocycles. The van der Waals surface area contributed by atoms with E-state index in [1.54, 1.807) is 30.3 Å². The van der Waals surface area contributed by atoms with Gasteiger partial charge in [-0.1, -0.05) is 30.3 Å². The average molecular weight is 298 g/mol. The second-order valence-corrected chi connectivity index (χ2v) is 4.55. The molecule has 7 nitrogen and oxygen atoms in total. The molecular formula is C14H18O7. The first-order valence-corrected chi connectivity index (χ1v) is 6.20. The minimum Gasteiger partial charge on any atom is -0.512 e. The van der Waals surface area contributed by atoms with Crippen LogP contribution < -0.4 is 0 Å². The standard InChI is InChI=1S/C14H18O7/c15-7-10(17)12(19)14(21)13(20)11(18)9(16)6-8-4-2-1-3-5-8/h1-5,7,11-15,17-21H,6H2/t11-,12-,13+,14+/m1/s1. The monoisotopic (exact) mass is 298 g/mol. The predicted molar refractivity (Wildman–Crippen MR) is 72.5 cm³/mol. The Balaban J connectivity index is 2.69. The summed E-state index contributed by atoms with van der Waals surface area (Å²) in [7, 11) is 0. The Morgan fingerprint density at radius 3 is 2.05 bits per heavy atom. The van der Waals surface area contributed by atoms with E-state index < -0.39 is 36.0 Å². The van der Waals surface area contributed by atoms with Crippen molar-refractivity contribution in [2.75, 3.05) is 0 Å². The van der Waals surface area contributed by atoms with Gasteiger partial charge in [-0.3, -0.25) is 4.79 Å². The highest BCUT2D eigenvalue weighted by Crippen LogP contribution is 2.12. The SMILES string of the molecule is O=C(Cc1ccccc1)[C@@H](O)[C@H](O)[C@@H](O)[C@H](O)C(O)=CO. The molecule has 0 aliphatic heterocycles. The summed E-state index contributed by atoms with van der Waals surface area (Å²) in [5.74, 6) is -1.75. The van der Waals surface area contributed by atoms with Crippen LogP contribution in [-0.2, 0) is 11.2 Å². The van der Waals surface area contributed by atoms with Gasteiger partial charge in [-0.05, 0) is 5.56 Å². The van der Waals surface area contributed by atoms with Crippen molar-refractivity contribution in [1.82, 2.24) is 0 Å². The van der Waals surface area contributed by atoms with Crippen LogP contribution in [0, 0.1) is 0 Å². The minimum atomic E-state index is -2.04. The molecule has 0 amide bonds. The number of carbonyl (C=O) groups excluding carboxylic acids is 1. The second kappa shape index (κ2) is 7.75. The first-order chi connectivity index (χ1) is 9.88. The molecule has 116 valence electrons. The molecule has 1 aromatic rings. The summed E-state index contributed by atoms with van der Waals surface area (Å²) in [5.41, 5.74) is 0.613. The fourth-order valence-electron chi connectivity index (χ4n) is 1.72. The first kappa shape index (κ1) is 17.1. The Kier molecular flexibility index (Phi) is 6.32. The fourth-order valence-corrected chi connectivity index (χ4v) is 1.72. The number of Topliss-reactive ketones (excluding diaryl/α,β-unsaturated/α-hetero) is 1. The largest absolute Gasteiger partial charge is 0.512 e. The van der Waals surface area contributed by atoms with Gasteiger partial charge in [0.25, 0.3) is 0 Å². The van der Waals surface area contributed by atoms with Gasteiger partial charge in [-0.2, -0.15) is 0 Å². The van der Waals surface area contributed by atoms with E-state index >= 15 is 0 Å². The van der Waals surface area contributed by atoms with Gasteiger partial charge < -0.3 is 30.6 Å². The van der Waals surface area contributed by atoms with Crippen molar-refractivity contribution < 1.29 is 35.4 Å². The number of ketones is 1. The zero-order valence-corrected chi connectivity index (χ0v) is 11.1. The van der Waals surface area contributed by atoms with Crippen LogP contribution in [0.5, 0.6) is 0 Å². The van der Waals surface area contributed by atoms with Gasteiger partial charge in [0.2, 0.25) is 0 Å². The molecule has 0 saturated heterocycles. The van der Waals surface area contributed by atoms with Crippen molar-refractivity contribution in [2.24, 2.45) is 0 Å². The molecule has 1 rings (SSSR count). The average Bonchev–Trinajstić information content (AvgIpc) is 2.52. The molecule has 6 N–H and O–H groups in total. The predicted octanol–water partition coefficient (Wildman–Crippen LogP) is -0.801. The minimum absolute atomic E-state index is 0.138. The number of carbonyl (C=O) groups is 1. The molecule has 0 aliphatic rings. The molecule has 0 heterocycles. The van der Waals surface area contributed by atoms with Gasteiger partial charge in [-0.25, -0.2) is 0 Å². The van der Waals surface area contributed by atoms with Crippen molar-refractivity contribution in [3.63, 3.8) is 0 Å². The molecule has 0 aliphatic carbocycles. The smallest absolute Gasteiger partial charge is 0.168 e. The number of aliphatic hydroxyl groups is 6. The van der Waals surface area contributed by atoms with Crippen LogP contribution in [0.15, 0.2) is 42.4 Å². The molecule has 4 atom stereocenters. The van der Waals surface area contributed by atoms with Crippen LogP contribution in [0.1, 0.15) is 5.56 Å². The lowest BCUT2D eigenvalue weighted by Gasteiger charge is -2.25. The Morgan fingerprint density at radius 2 is 1.52 bits per heavy atom. The van der Waals surface area contributed by atoms with Crippen LogP contribution in [0.25, 0.3) is 0 Å². The van der Waals surface area contributed by atoms with E-state index in [9.17, 15) is 25.2 Å². The third-order valence-corrected chi connectivity index (χ3v) is 2.98. The van der Waals surface area contributed by atoms with Crippen molar-refractivity contribution >= 4 is 5.78 Å². The zero-order chi connectivity index (χ0) is 16.0. The Morgan fingerprint density at radius 1 is 1.00 bits per heavy atom. The highest BCUT2D eigenvalue weighted by atomic mass is 16.4. The van der Waals surface area contributed by atoms with Crippen LogP contribution in [-0.4, -0.2) is 60.8 Å². The molecule has 1 aromatic carbocycles. The van der Waals surface area contributed by atoms with Gasteiger partial charge in [0.1, 0.15) is 30.7 Å². The topological polar surface area (TPSA) is 138 Å². The molecule has 7 heteroatoms. The maximum absolute atomic E-state index is 11.8. The lowest BCUT2D eigenvalue weighted by molar-refractivity contribution is -0.143. The maximum atomic E-state index is 11.8. The normalized spacial score (nSPS) is 17.8. The van der Waals surface area contributed by atoms with Crippen LogP contribution in [0.2, 0.25) is 0 Å². The van der Waals surface area contributed by atoms with Gasteiger partial charge in [0.15, 0.2) is 11.5 Å².